The van der Waals surface area contributed by atoms with Crippen LogP contribution in [0.4, 0.5) is 5.82 Å². The van der Waals surface area contributed by atoms with Crippen LogP contribution in [-0.4, -0.2) is 71.0 Å². The van der Waals surface area contributed by atoms with Crippen LogP contribution in [0, 0.1) is 0 Å². The summed E-state index contributed by atoms with van der Waals surface area (Å²) in [6.45, 7) is 5.75. The average molecular weight is 317 g/mol. The number of carbonyl (C=O) groups excluding carboxylic acids is 1. The number of carbonyl (C=O) groups is 1. The highest BCUT2D eigenvalue weighted by Crippen LogP contribution is 2.30. The summed E-state index contributed by atoms with van der Waals surface area (Å²) in [5.41, 5.74) is 0. The average Bonchev–Trinajstić information content (AvgIpc) is 3.23. The summed E-state index contributed by atoms with van der Waals surface area (Å²) in [4.78, 5) is 27.7. The number of likely N-dealkylation sites (tertiary alicyclic amines) is 2. The summed E-state index contributed by atoms with van der Waals surface area (Å²) in [7, 11) is 1.90. The number of aromatic nitrogens is 2. The maximum absolute atomic E-state index is 12.8. The van der Waals surface area contributed by atoms with E-state index in [4.69, 9.17) is 0 Å². The molecule has 1 amide bonds. The van der Waals surface area contributed by atoms with E-state index in [1.807, 2.05) is 11.9 Å². The minimum Gasteiger partial charge on any atom is -0.349 e. The fraction of sp³-hybridized carbons (Fsp3) is 0.706. The third-order valence-corrected chi connectivity index (χ3v) is 5.20. The van der Waals surface area contributed by atoms with E-state index in [1.54, 1.807) is 18.6 Å². The third kappa shape index (κ3) is 3.47. The first-order valence-corrected chi connectivity index (χ1v) is 8.71. The van der Waals surface area contributed by atoms with E-state index in [-0.39, 0.29) is 5.91 Å². The summed E-state index contributed by atoms with van der Waals surface area (Å²) in [5.74, 6) is 0.955. The molecule has 0 radical (unpaired) electrons. The summed E-state index contributed by atoms with van der Waals surface area (Å²) < 4.78 is 0. The van der Waals surface area contributed by atoms with E-state index in [9.17, 15) is 4.79 Å². The molecule has 0 bridgehead atoms. The van der Waals surface area contributed by atoms with E-state index in [2.05, 4.69) is 26.7 Å². The molecule has 0 N–H and O–H groups in total. The smallest absolute Gasteiger partial charge is 0.242 e. The Bertz CT molecular complexity index is 523. The Hall–Kier alpha value is -1.69. The molecule has 2 fully saturated rings. The van der Waals surface area contributed by atoms with E-state index < -0.39 is 0 Å². The van der Waals surface area contributed by atoms with Crippen molar-refractivity contribution in [3.63, 3.8) is 0 Å². The Morgan fingerprint density at radius 3 is 2.78 bits per heavy atom. The molecule has 6 heteroatoms. The predicted molar refractivity (Wildman–Crippen MR) is 90.3 cm³/mol. The van der Waals surface area contributed by atoms with Gasteiger partial charge in [0.1, 0.15) is 5.82 Å². The summed E-state index contributed by atoms with van der Waals surface area (Å²) >= 11 is 0. The lowest BCUT2D eigenvalue weighted by molar-refractivity contribution is -0.131. The van der Waals surface area contributed by atoms with Gasteiger partial charge >= 0.3 is 0 Å². The molecule has 3 heterocycles. The number of likely N-dealkylation sites (N-methyl/N-ethyl adjacent to an activating group) is 2. The van der Waals surface area contributed by atoms with Gasteiger partial charge in [-0.3, -0.25) is 14.7 Å². The Labute approximate surface area is 138 Å². The van der Waals surface area contributed by atoms with E-state index >= 15 is 0 Å². The van der Waals surface area contributed by atoms with Gasteiger partial charge in [-0.2, -0.15) is 0 Å². The molecule has 0 spiro atoms. The highest BCUT2D eigenvalue weighted by molar-refractivity contribution is 5.81. The van der Waals surface area contributed by atoms with Crippen molar-refractivity contribution in [2.75, 3.05) is 38.1 Å². The molecule has 0 saturated carbocycles. The van der Waals surface area contributed by atoms with Crippen molar-refractivity contribution in [3.8, 4) is 0 Å². The van der Waals surface area contributed by atoms with Crippen molar-refractivity contribution in [2.45, 2.75) is 44.7 Å². The van der Waals surface area contributed by atoms with E-state index in [0.717, 1.165) is 31.7 Å². The molecule has 0 aliphatic carbocycles. The van der Waals surface area contributed by atoms with Crippen molar-refractivity contribution in [3.05, 3.63) is 18.6 Å². The molecule has 2 atom stereocenters. The monoisotopic (exact) mass is 317 g/mol. The zero-order valence-electron chi connectivity index (χ0n) is 14.2. The van der Waals surface area contributed by atoms with Gasteiger partial charge in [-0.1, -0.05) is 6.92 Å². The topological polar surface area (TPSA) is 52.6 Å². The molecular formula is C17H27N5O. The molecule has 1 aromatic heterocycles. The van der Waals surface area contributed by atoms with E-state index in [1.165, 1.54) is 19.4 Å². The lowest BCUT2D eigenvalue weighted by atomic mass is 10.0. The van der Waals surface area contributed by atoms with Crippen LogP contribution >= 0.6 is 0 Å². The third-order valence-electron chi connectivity index (χ3n) is 5.20. The van der Waals surface area contributed by atoms with E-state index in [0.29, 0.717) is 18.6 Å². The molecular weight excluding hydrogens is 290 g/mol. The van der Waals surface area contributed by atoms with Crippen LogP contribution in [-0.2, 0) is 4.79 Å². The second-order valence-corrected chi connectivity index (χ2v) is 6.55. The molecule has 3 rings (SSSR count). The largest absolute Gasteiger partial charge is 0.349 e. The standard InChI is InChI=1S/C17H27N5O/c1-3-21-10-4-6-14(21)15-7-5-11-22(15)17(23)13-20(2)16-12-18-8-9-19-16/h8-9,12,14-15H,3-7,10-11,13H2,1-2H3/t14-,15+/m0/s1. The normalized spacial score (nSPS) is 25.0. The van der Waals surface area contributed by atoms with Crippen LogP contribution < -0.4 is 4.90 Å². The van der Waals surface area contributed by atoms with Crippen molar-refractivity contribution >= 4 is 11.7 Å². The van der Waals surface area contributed by atoms with Gasteiger partial charge in [0.2, 0.25) is 5.91 Å². The molecule has 126 valence electrons. The van der Waals surface area contributed by atoms with Gasteiger partial charge in [0, 0.05) is 38.1 Å². The van der Waals surface area contributed by atoms with Gasteiger partial charge in [0.05, 0.1) is 12.7 Å². The SMILES string of the molecule is CCN1CCC[C@H]1[C@H]1CCCN1C(=O)CN(C)c1cnccn1. The minimum atomic E-state index is 0.212. The maximum Gasteiger partial charge on any atom is 0.242 e. The predicted octanol–water partition coefficient (Wildman–Crippen LogP) is 1.39. The first-order chi connectivity index (χ1) is 11.2. The van der Waals surface area contributed by atoms with Crippen LogP contribution in [0.25, 0.3) is 0 Å². The maximum atomic E-state index is 12.8. The first kappa shape index (κ1) is 16.2. The van der Waals surface area contributed by atoms with Crippen LogP contribution in [0.15, 0.2) is 18.6 Å². The highest BCUT2D eigenvalue weighted by Gasteiger charge is 2.39. The molecule has 0 unspecified atom stereocenters. The molecule has 6 nitrogen and oxygen atoms in total. The van der Waals surface area contributed by atoms with Gasteiger partial charge < -0.3 is 9.80 Å². The second kappa shape index (κ2) is 7.25. The van der Waals surface area contributed by atoms with Gasteiger partial charge in [-0.15, -0.1) is 0 Å². The second-order valence-electron chi connectivity index (χ2n) is 6.55. The van der Waals surface area contributed by atoms with Crippen molar-refractivity contribution in [2.24, 2.45) is 0 Å². The quantitative estimate of drug-likeness (QED) is 0.821. The van der Waals surface area contributed by atoms with Crippen molar-refractivity contribution < 1.29 is 4.79 Å². The fourth-order valence-electron chi connectivity index (χ4n) is 4.05. The van der Waals surface area contributed by atoms with Gasteiger partial charge in [-0.05, 0) is 38.8 Å². The molecule has 2 saturated heterocycles. The first-order valence-electron chi connectivity index (χ1n) is 8.71. The Balaban J connectivity index is 1.64. The van der Waals surface area contributed by atoms with Crippen LogP contribution in [0.5, 0.6) is 0 Å². The fourth-order valence-corrected chi connectivity index (χ4v) is 4.05. The Morgan fingerprint density at radius 1 is 1.26 bits per heavy atom. The zero-order valence-corrected chi connectivity index (χ0v) is 14.2. The van der Waals surface area contributed by atoms with Gasteiger partial charge in [-0.25, -0.2) is 4.98 Å². The highest BCUT2D eigenvalue weighted by atomic mass is 16.2. The summed E-state index contributed by atoms with van der Waals surface area (Å²) in [6.07, 6.45) is 9.76. The van der Waals surface area contributed by atoms with Crippen LogP contribution in [0.3, 0.4) is 0 Å². The molecule has 23 heavy (non-hydrogen) atoms. The molecule has 0 aromatic carbocycles. The Morgan fingerprint density at radius 2 is 2.04 bits per heavy atom. The number of hydrogen-bond acceptors (Lipinski definition) is 5. The van der Waals surface area contributed by atoms with Crippen molar-refractivity contribution in [1.29, 1.82) is 0 Å². The number of hydrogen-bond donors (Lipinski definition) is 0. The molecule has 2 aliphatic heterocycles. The van der Waals surface area contributed by atoms with Crippen LogP contribution in [0.2, 0.25) is 0 Å². The number of nitrogens with zero attached hydrogens (tertiary/aromatic N) is 5. The lowest BCUT2D eigenvalue weighted by Gasteiger charge is -2.35. The van der Waals surface area contributed by atoms with Gasteiger partial charge in [0.25, 0.3) is 0 Å². The number of anilines is 1. The number of amides is 1. The minimum absolute atomic E-state index is 0.212. The van der Waals surface area contributed by atoms with Crippen molar-refractivity contribution in [1.82, 2.24) is 19.8 Å². The molecule has 2 aliphatic rings. The lowest BCUT2D eigenvalue weighted by Crippen LogP contribution is -2.50. The van der Waals surface area contributed by atoms with Crippen LogP contribution in [0.1, 0.15) is 32.6 Å². The van der Waals surface area contributed by atoms with Gasteiger partial charge in [0.15, 0.2) is 0 Å². The molecule has 1 aromatic rings. The summed E-state index contributed by atoms with van der Waals surface area (Å²) in [6, 6.07) is 0.938. The number of rotatable bonds is 5. The Kier molecular flexibility index (Phi) is 5.10. The zero-order chi connectivity index (χ0) is 16.2. The summed E-state index contributed by atoms with van der Waals surface area (Å²) in [5, 5.41) is 0.